The molecule has 0 N–H and O–H groups in total. The Morgan fingerprint density at radius 2 is 1.53 bits per heavy atom. The fourth-order valence-corrected chi connectivity index (χ4v) is 3.41. The van der Waals surface area contributed by atoms with E-state index in [1.165, 1.54) is 26.2 Å². The summed E-state index contributed by atoms with van der Waals surface area (Å²) in [6, 6.07) is 14.2. The molecule has 1 atom stereocenters. The molecule has 2 aromatic carbocycles. The Labute approximate surface area is 184 Å². The molecule has 3 rings (SSSR count). The standard InChI is InChI=1S/C24H23F2NO5/c1-14-13-21(15(2)27(14)18-7-11-20(12-8-18)32-24(25)26)22(28)16(3)31-23(29)17-5-9-19(30-4)10-6-17/h5-13,16,24H,1-4H3. The van der Waals surface area contributed by atoms with Crippen molar-refractivity contribution in [1.82, 2.24) is 4.57 Å². The number of halogens is 2. The average molecular weight is 443 g/mol. The Balaban J connectivity index is 1.77. The zero-order chi connectivity index (χ0) is 23.4. The second kappa shape index (κ2) is 9.64. The normalized spacial score (nSPS) is 11.8. The van der Waals surface area contributed by atoms with Gasteiger partial charge in [-0.2, -0.15) is 8.78 Å². The lowest BCUT2D eigenvalue weighted by molar-refractivity contribution is -0.0498. The van der Waals surface area contributed by atoms with Crippen LogP contribution in [0.4, 0.5) is 8.78 Å². The molecule has 168 valence electrons. The van der Waals surface area contributed by atoms with Crippen molar-refractivity contribution in [2.45, 2.75) is 33.5 Å². The van der Waals surface area contributed by atoms with Crippen molar-refractivity contribution in [3.63, 3.8) is 0 Å². The van der Waals surface area contributed by atoms with E-state index in [9.17, 15) is 18.4 Å². The van der Waals surface area contributed by atoms with Crippen LogP contribution < -0.4 is 9.47 Å². The number of rotatable bonds is 8. The average Bonchev–Trinajstić information content (AvgIpc) is 3.07. The highest BCUT2D eigenvalue weighted by Gasteiger charge is 2.25. The van der Waals surface area contributed by atoms with Gasteiger partial charge >= 0.3 is 12.6 Å². The summed E-state index contributed by atoms with van der Waals surface area (Å²) in [6.45, 7) is 2.21. The van der Waals surface area contributed by atoms with Gasteiger partial charge in [-0.25, -0.2) is 4.79 Å². The molecule has 8 heteroatoms. The number of alkyl halides is 2. The molecular formula is C24H23F2NO5. The third-order valence-electron chi connectivity index (χ3n) is 5.00. The second-order valence-electron chi connectivity index (χ2n) is 7.13. The van der Waals surface area contributed by atoms with Crippen LogP contribution in [-0.2, 0) is 4.74 Å². The summed E-state index contributed by atoms with van der Waals surface area (Å²) in [6.07, 6.45) is -1.000. The molecule has 6 nitrogen and oxygen atoms in total. The van der Waals surface area contributed by atoms with Crippen LogP contribution in [-0.4, -0.2) is 36.1 Å². The first-order chi connectivity index (χ1) is 15.2. The number of Topliss-reactive ketones (excluding diaryl/α,β-unsaturated/α-hetero) is 1. The lowest BCUT2D eigenvalue weighted by Gasteiger charge is -2.14. The summed E-state index contributed by atoms with van der Waals surface area (Å²) in [5, 5.41) is 0. The van der Waals surface area contributed by atoms with Gasteiger partial charge < -0.3 is 18.8 Å². The molecule has 0 aliphatic rings. The van der Waals surface area contributed by atoms with Crippen LogP contribution in [0.25, 0.3) is 5.69 Å². The minimum atomic E-state index is -2.90. The highest BCUT2D eigenvalue weighted by atomic mass is 19.3. The van der Waals surface area contributed by atoms with Crippen molar-refractivity contribution < 1.29 is 32.6 Å². The Morgan fingerprint density at radius 1 is 0.938 bits per heavy atom. The molecule has 0 amide bonds. The fraction of sp³-hybridized carbons (Fsp3) is 0.250. The summed E-state index contributed by atoms with van der Waals surface area (Å²) >= 11 is 0. The van der Waals surface area contributed by atoms with Crippen molar-refractivity contribution in [3.05, 3.63) is 77.1 Å². The number of carbonyl (C=O) groups excluding carboxylic acids is 2. The predicted molar refractivity (Wildman–Crippen MR) is 114 cm³/mol. The molecule has 3 aromatic rings. The van der Waals surface area contributed by atoms with Gasteiger partial charge in [0.1, 0.15) is 11.5 Å². The van der Waals surface area contributed by atoms with E-state index >= 15 is 0 Å². The summed E-state index contributed by atoms with van der Waals surface area (Å²) in [5.74, 6) is -0.311. The van der Waals surface area contributed by atoms with E-state index in [1.54, 1.807) is 49.4 Å². The number of hydrogen-bond donors (Lipinski definition) is 0. The van der Waals surface area contributed by atoms with Crippen molar-refractivity contribution in [2.75, 3.05) is 7.11 Å². The van der Waals surface area contributed by atoms with Gasteiger partial charge in [-0.1, -0.05) is 0 Å². The van der Waals surface area contributed by atoms with E-state index in [-0.39, 0.29) is 11.5 Å². The van der Waals surface area contributed by atoms with Crippen LogP contribution in [0.1, 0.15) is 39.0 Å². The molecule has 0 aliphatic heterocycles. The molecule has 0 saturated heterocycles. The van der Waals surface area contributed by atoms with Crippen LogP contribution in [0.2, 0.25) is 0 Å². The van der Waals surface area contributed by atoms with Crippen LogP contribution in [0, 0.1) is 13.8 Å². The number of methoxy groups -OCH3 is 1. The topological polar surface area (TPSA) is 66.8 Å². The molecule has 0 radical (unpaired) electrons. The van der Waals surface area contributed by atoms with Gasteiger partial charge in [-0.05, 0) is 75.4 Å². The first-order valence-corrected chi connectivity index (χ1v) is 9.84. The number of ketones is 1. The zero-order valence-electron chi connectivity index (χ0n) is 18.1. The predicted octanol–water partition coefficient (Wildman–Crippen LogP) is 5.13. The van der Waals surface area contributed by atoms with Gasteiger partial charge in [-0.15, -0.1) is 0 Å². The second-order valence-corrected chi connectivity index (χ2v) is 7.13. The van der Waals surface area contributed by atoms with E-state index in [0.29, 0.717) is 28.3 Å². The Morgan fingerprint density at radius 3 is 2.09 bits per heavy atom. The first kappa shape index (κ1) is 23.0. The van der Waals surface area contributed by atoms with E-state index in [2.05, 4.69) is 4.74 Å². The SMILES string of the molecule is COc1ccc(C(=O)OC(C)C(=O)c2cc(C)n(-c3ccc(OC(F)F)cc3)c2C)cc1. The number of hydrogen-bond acceptors (Lipinski definition) is 5. The monoisotopic (exact) mass is 443 g/mol. The number of carbonyl (C=O) groups is 2. The van der Waals surface area contributed by atoms with Gasteiger partial charge in [-0.3, -0.25) is 4.79 Å². The number of nitrogens with zero attached hydrogens (tertiary/aromatic N) is 1. The van der Waals surface area contributed by atoms with Crippen LogP contribution in [0.3, 0.4) is 0 Å². The summed E-state index contributed by atoms with van der Waals surface area (Å²) in [4.78, 5) is 25.4. The van der Waals surface area contributed by atoms with Crippen LogP contribution in [0.15, 0.2) is 54.6 Å². The molecule has 0 fully saturated rings. The molecule has 0 saturated carbocycles. The molecule has 0 bridgehead atoms. The van der Waals surface area contributed by atoms with Gasteiger partial charge in [0, 0.05) is 22.6 Å². The summed E-state index contributed by atoms with van der Waals surface area (Å²) in [7, 11) is 1.52. The van der Waals surface area contributed by atoms with E-state index in [0.717, 1.165) is 5.69 Å². The van der Waals surface area contributed by atoms with E-state index in [1.807, 2.05) is 11.5 Å². The summed E-state index contributed by atoms with van der Waals surface area (Å²) < 4.78 is 41.4. The van der Waals surface area contributed by atoms with Crippen molar-refractivity contribution in [2.24, 2.45) is 0 Å². The van der Waals surface area contributed by atoms with Gasteiger partial charge in [0.15, 0.2) is 6.10 Å². The maximum absolute atomic E-state index is 13.0. The van der Waals surface area contributed by atoms with Gasteiger partial charge in [0.25, 0.3) is 0 Å². The quantitative estimate of drug-likeness (QED) is 0.357. The molecular weight excluding hydrogens is 420 g/mol. The lowest BCUT2D eigenvalue weighted by Crippen LogP contribution is -2.24. The molecule has 0 aliphatic carbocycles. The van der Waals surface area contributed by atoms with Crippen LogP contribution in [0.5, 0.6) is 11.5 Å². The fourth-order valence-electron chi connectivity index (χ4n) is 3.41. The summed E-state index contributed by atoms with van der Waals surface area (Å²) in [5.41, 5.74) is 2.81. The largest absolute Gasteiger partial charge is 0.497 e. The van der Waals surface area contributed by atoms with Gasteiger partial charge in [0.05, 0.1) is 12.7 Å². The Hall–Kier alpha value is -3.68. The minimum Gasteiger partial charge on any atom is -0.497 e. The Kier molecular flexibility index (Phi) is 6.92. The number of aromatic nitrogens is 1. The highest BCUT2D eigenvalue weighted by Crippen LogP contribution is 2.25. The number of ether oxygens (including phenoxy) is 3. The maximum atomic E-state index is 13.0. The third-order valence-corrected chi connectivity index (χ3v) is 5.00. The molecule has 1 heterocycles. The van der Waals surface area contributed by atoms with E-state index in [4.69, 9.17) is 9.47 Å². The molecule has 32 heavy (non-hydrogen) atoms. The minimum absolute atomic E-state index is 0.0431. The van der Waals surface area contributed by atoms with Gasteiger partial charge in [0.2, 0.25) is 5.78 Å². The van der Waals surface area contributed by atoms with Crippen LogP contribution >= 0.6 is 0 Å². The van der Waals surface area contributed by atoms with Crippen molar-refractivity contribution in [1.29, 1.82) is 0 Å². The first-order valence-electron chi connectivity index (χ1n) is 9.84. The molecule has 1 aromatic heterocycles. The number of aryl methyl sites for hydroxylation is 1. The number of esters is 1. The Bertz CT molecular complexity index is 1100. The highest BCUT2D eigenvalue weighted by molar-refractivity contribution is 6.02. The number of benzene rings is 2. The van der Waals surface area contributed by atoms with E-state index < -0.39 is 18.7 Å². The lowest BCUT2D eigenvalue weighted by atomic mass is 10.1. The smallest absolute Gasteiger partial charge is 0.387 e. The van der Waals surface area contributed by atoms with Crippen molar-refractivity contribution in [3.8, 4) is 17.2 Å². The maximum Gasteiger partial charge on any atom is 0.387 e. The molecule has 0 spiro atoms. The zero-order valence-corrected chi connectivity index (χ0v) is 18.1. The molecule has 1 unspecified atom stereocenters. The van der Waals surface area contributed by atoms with Crippen molar-refractivity contribution >= 4 is 11.8 Å². The third kappa shape index (κ3) is 4.96.